The molecule has 0 aliphatic rings. The Bertz CT molecular complexity index is 557. The van der Waals surface area contributed by atoms with Crippen LogP contribution in [0.1, 0.15) is 52.0 Å². The van der Waals surface area contributed by atoms with Gasteiger partial charge in [-0.3, -0.25) is 0 Å². The van der Waals surface area contributed by atoms with E-state index >= 15 is 0 Å². The van der Waals surface area contributed by atoms with Crippen LogP contribution in [-0.2, 0) is 0 Å². The Hall–Kier alpha value is -1.40. The van der Waals surface area contributed by atoms with E-state index in [4.69, 9.17) is 5.73 Å². The van der Waals surface area contributed by atoms with E-state index in [1.807, 2.05) is 4.57 Å². The summed E-state index contributed by atoms with van der Waals surface area (Å²) in [5.41, 5.74) is 7.09. The van der Waals surface area contributed by atoms with E-state index in [0.29, 0.717) is 17.0 Å². The van der Waals surface area contributed by atoms with Crippen LogP contribution < -0.4 is 5.73 Å². The van der Waals surface area contributed by atoms with Gasteiger partial charge in [-0.25, -0.2) is 15.0 Å². The minimum Gasteiger partial charge on any atom is -0.391 e. The molecule has 0 amide bonds. The Morgan fingerprint density at radius 1 is 1.24 bits per heavy atom. The van der Waals surface area contributed by atoms with Crippen molar-refractivity contribution in [1.29, 1.82) is 0 Å². The van der Waals surface area contributed by atoms with Crippen LogP contribution in [0, 0.1) is 0 Å². The van der Waals surface area contributed by atoms with E-state index in [2.05, 4.69) is 21.9 Å². The van der Waals surface area contributed by atoms with Crippen LogP contribution in [-0.4, -0.2) is 30.7 Å². The number of fused-ring (bicyclic) bond motifs is 1. The third-order valence-corrected chi connectivity index (χ3v) is 3.65. The molecule has 2 aromatic heterocycles. The SMILES string of the molecule is CCCCCCC(C(C)O)n1cnc2c(N)ncnc21.Cl. The van der Waals surface area contributed by atoms with E-state index in [9.17, 15) is 5.11 Å². The van der Waals surface area contributed by atoms with Crippen LogP contribution in [0.5, 0.6) is 0 Å². The zero-order chi connectivity index (χ0) is 14.5. The molecule has 2 atom stereocenters. The van der Waals surface area contributed by atoms with Crippen molar-refractivity contribution in [3.05, 3.63) is 12.7 Å². The number of nitrogens with two attached hydrogens (primary N) is 1. The van der Waals surface area contributed by atoms with Gasteiger partial charge in [0.15, 0.2) is 11.5 Å². The molecule has 0 aliphatic carbocycles. The quantitative estimate of drug-likeness (QED) is 0.767. The Kier molecular flexibility index (Phi) is 6.84. The summed E-state index contributed by atoms with van der Waals surface area (Å²) in [7, 11) is 0. The number of aliphatic hydroxyl groups is 1. The van der Waals surface area contributed by atoms with Crippen molar-refractivity contribution in [3.63, 3.8) is 0 Å². The summed E-state index contributed by atoms with van der Waals surface area (Å²) in [6, 6.07) is -0.0221. The first-order valence-electron chi connectivity index (χ1n) is 7.26. The first-order valence-corrected chi connectivity index (χ1v) is 7.26. The molecule has 0 fully saturated rings. The van der Waals surface area contributed by atoms with Crippen LogP contribution in [0.15, 0.2) is 12.7 Å². The number of halogens is 1. The fourth-order valence-electron chi connectivity index (χ4n) is 2.51. The van der Waals surface area contributed by atoms with Crippen LogP contribution in [0.3, 0.4) is 0 Å². The predicted octanol–water partition coefficient (Wildman–Crippen LogP) is 2.72. The van der Waals surface area contributed by atoms with Crippen LogP contribution in [0.25, 0.3) is 11.2 Å². The van der Waals surface area contributed by atoms with Gasteiger partial charge in [0.05, 0.1) is 18.5 Å². The molecule has 2 aromatic rings. The summed E-state index contributed by atoms with van der Waals surface area (Å²) in [5, 5.41) is 10.0. The number of aromatic nitrogens is 4. The minimum atomic E-state index is -0.454. The predicted molar refractivity (Wildman–Crippen MR) is 86.5 cm³/mol. The van der Waals surface area contributed by atoms with Gasteiger partial charge in [0, 0.05) is 0 Å². The smallest absolute Gasteiger partial charge is 0.165 e. The summed E-state index contributed by atoms with van der Waals surface area (Å²) in [5.74, 6) is 0.379. The fraction of sp³-hybridized carbons (Fsp3) is 0.643. The highest BCUT2D eigenvalue weighted by Crippen LogP contribution is 2.25. The van der Waals surface area contributed by atoms with Gasteiger partial charge in [-0.2, -0.15) is 0 Å². The van der Waals surface area contributed by atoms with Crippen molar-refractivity contribution < 1.29 is 5.11 Å². The van der Waals surface area contributed by atoms with Gasteiger partial charge in [0.25, 0.3) is 0 Å². The molecule has 21 heavy (non-hydrogen) atoms. The summed E-state index contributed by atoms with van der Waals surface area (Å²) >= 11 is 0. The number of imidazole rings is 1. The van der Waals surface area contributed by atoms with Gasteiger partial charge < -0.3 is 15.4 Å². The average Bonchev–Trinajstić information content (AvgIpc) is 2.84. The zero-order valence-electron chi connectivity index (χ0n) is 12.6. The van der Waals surface area contributed by atoms with Crippen molar-refractivity contribution in [2.45, 2.75) is 58.1 Å². The number of hydrogen-bond donors (Lipinski definition) is 2. The summed E-state index contributed by atoms with van der Waals surface area (Å²) in [4.78, 5) is 12.5. The molecule has 7 heteroatoms. The first-order chi connectivity index (χ1) is 9.65. The number of unbranched alkanes of at least 4 members (excludes halogenated alkanes) is 3. The highest BCUT2D eigenvalue weighted by molar-refractivity contribution is 5.85. The molecule has 2 unspecified atom stereocenters. The number of anilines is 1. The molecule has 3 N–H and O–H groups in total. The van der Waals surface area contributed by atoms with E-state index in [1.54, 1.807) is 13.3 Å². The molecule has 6 nitrogen and oxygen atoms in total. The molecular formula is C14H24ClN5O. The molecular weight excluding hydrogens is 290 g/mol. The van der Waals surface area contributed by atoms with Gasteiger partial charge in [-0.15, -0.1) is 12.4 Å². The summed E-state index contributed by atoms with van der Waals surface area (Å²) in [6.45, 7) is 4.00. The van der Waals surface area contributed by atoms with Crippen molar-refractivity contribution >= 4 is 29.4 Å². The lowest BCUT2D eigenvalue weighted by atomic mass is 10.0. The van der Waals surface area contributed by atoms with Gasteiger partial charge in [-0.1, -0.05) is 32.6 Å². The monoisotopic (exact) mass is 313 g/mol. The van der Waals surface area contributed by atoms with Crippen LogP contribution in [0.4, 0.5) is 5.82 Å². The second-order valence-electron chi connectivity index (χ2n) is 5.24. The second kappa shape index (κ2) is 8.14. The lowest BCUT2D eigenvalue weighted by Gasteiger charge is -2.21. The van der Waals surface area contributed by atoms with E-state index in [1.165, 1.54) is 25.6 Å². The maximum atomic E-state index is 10.0. The average molecular weight is 314 g/mol. The number of aliphatic hydroxyl groups excluding tert-OH is 1. The Morgan fingerprint density at radius 2 is 2.00 bits per heavy atom. The summed E-state index contributed by atoms with van der Waals surface area (Å²) in [6.07, 6.45) is 8.30. The lowest BCUT2D eigenvalue weighted by Crippen LogP contribution is -2.21. The van der Waals surface area contributed by atoms with E-state index in [-0.39, 0.29) is 18.4 Å². The Morgan fingerprint density at radius 3 is 2.67 bits per heavy atom. The zero-order valence-corrected chi connectivity index (χ0v) is 13.4. The third-order valence-electron chi connectivity index (χ3n) is 3.65. The van der Waals surface area contributed by atoms with Crippen molar-refractivity contribution in [2.75, 3.05) is 5.73 Å². The van der Waals surface area contributed by atoms with Crippen LogP contribution in [0.2, 0.25) is 0 Å². The molecule has 0 saturated carbocycles. The lowest BCUT2D eigenvalue weighted by molar-refractivity contribution is 0.124. The largest absolute Gasteiger partial charge is 0.391 e. The summed E-state index contributed by atoms with van der Waals surface area (Å²) < 4.78 is 1.92. The highest BCUT2D eigenvalue weighted by atomic mass is 35.5. The molecule has 0 bridgehead atoms. The number of nitrogen functional groups attached to an aromatic ring is 1. The van der Waals surface area contributed by atoms with Gasteiger partial charge >= 0.3 is 0 Å². The van der Waals surface area contributed by atoms with Gasteiger partial charge in [0.1, 0.15) is 11.8 Å². The minimum absolute atomic E-state index is 0. The van der Waals surface area contributed by atoms with Gasteiger partial charge in [0.2, 0.25) is 0 Å². The maximum absolute atomic E-state index is 10.0. The number of rotatable bonds is 7. The van der Waals surface area contributed by atoms with Crippen LogP contribution >= 0.6 is 12.4 Å². The first kappa shape index (κ1) is 17.7. The molecule has 2 heterocycles. The molecule has 0 saturated heterocycles. The maximum Gasteiger partial charge on any atom is 0.165 e. The Labute approximate surface area is 131 Å². The third kappa shape index (κ3) is 4.04. The standard InChI is InChI=1S/C14H23N5O.ClH/c1-3-4-5-6-7-11(10(2)20)19-9-18-12-13(15)16-8-17-14(12)19;/h8-11,20H,3-7H2,1-2H3,(H2,15,16,17);1H. The molecule has 2 rings (SSSR count). The van der Waals surface area contributed by atoms with Gasteiger partial charge in [-0.05, 0) is 13.3 Å². The number of nitrogens with zero attached hydrogens (tertiary/aromatic N) is 4. The number of hydrogen-bond acceptors (Lipinski definition) is 5. The highest BCUT2D eigenvalue weighted by Gasteiger charge is 2.20. The van der Waals surface area contributed by atoms with E-state index < -0.39 is 6.10 Å². The van der Waals surface area contributed by atoms with Crippen molar-refractivity contribution in [3.8, 4) is 0 Å². The molecule has 0 radical (unpaired) electrons. The van der Waals surface area contributed by atoms with Crippen molar-refractivity contribution in [1.82, 2.24) is 19.5 Å². The molecule has 118 valence electrons. The molecule has 0 spiro atoms. The molecule has 0 aromatic carbocycles. The topological polar surface area (TPSA) is 89.8 Å². The normalized spacial score (nSPS) is 13.9. The fourth-order valence-corrected chi connectivity index (χ4v) is 2.51. The van der Waals surface area contributed by atoms with Crippen molar-refractivity contribution in [2.24, 2.45) is 0 Å². The molecule has 0 aliphatic heterocycles. The van der Waals surface area contributed by atoms with E-state index in [0.717, 1.165) is 12.8 Å². The Balaban J connectivity index is 0.00000220. The second-order valence-corrected chi connectivity index (χ2v) is 5.24.